The van der Waals surface area contributed by atoms with Gasteiger partial charge in [-0.15, -0.1) is 0 Å². The maximum absolute atomic E-state index is 14.1. The van der Waals surface area contributed by atoms with Gasteiger partial charge in [0.2, 0.25) is 0 Å². The van der Waals surface area contributed by atoms with Crippen LogP contribution in [0.2, 0.25) is 0 Å². The van der Waals surface area contributed by atoms with E-state index in [0.29, 0.717) is 34.1 Å². The van der Waals surface area contributed by atoms with Crippen molar-refractivity contribution in [1.29, 1.82) is 0 Å². The van der Waals surface area contributed by atoms with Crippen LogP contribution in [0.15, 0.2) is 30.6 Å². The van der Waals surface area contributed by atoms with Crippen LogP contribution in [0.3, 0.4) is 0 Å². The molecule has 9 heteroatoms. The lowest BCUT2D eigenvalue weighted by Crippen LogP contribution is -2.41. The summed E-state index contributed by atoms with van der Waals surface area (Å²) in [4.78, 5) is 17.1. The zero-order valence-corrected chi connectivity index (χ0v) is 14.4. The summed E-state index contributed by atoms with van der Waals surface area (Å²) in [6.45, 7) is 2.35. The van der Waals surface area contributed by atoms with E-state index in [0.717, 1.165) is 0 Å². The maximum atomic E-state index is 14.1. The molecular formula is C18H16FN5O3. The molecule has 2 aromatic heterocycles. The van der Waals surface area contributed by atoms with Crippen LogP contribution in [0.5, 0.6) is 11.5 Å². The highest BCUT2D eigenvalue weighted by Gasteiger charge is 2.28. The van der Waals surface area contributed by atoms with E-state index >= 15 is 0 Å². The summed E-state index contributed by atoms with van der Waals surface area (Å²) in [6, 6.07) is 4.17. The zero-order valence-electron chi connectivity index (χ0n) is 14.4. The molecule has 2 atom stereocenters. The van der Waals surface area contributed by atoms with Gasteiger partial charge in [-0.05, 0) is 19.1 Å². The highest BCUT2D eigenvalue weighted by atomic mass is 19.1. The van der Waals surface area contributed by atoms with Crippen LogP contribution in [0.25, 0.3) is 5.65 Å². The summed E-state index contributed by atoms with van der Waals surface area (Å²) >= 11 is 0. The topological polar surface area (TPSA) is 89.8 Å². The lowest BCUT2D eigenvalue weighted by Gasteiger charge is -2.30. The number of amides is 1. The molecule has 8 nitrogen and oxygen atoms in total. The van der Waals surface area contributed by atoms with Gasteiger partial charge in [0.1, 0.15) is 29.9 Å². The van der Waals surface area contributed by atoms with Crippen molar-refractivity contribution >= 4 is 17.4 Å². The van der Waals surface area contributed by atoms with E-state index in [9.17, 15) is 9.18 Å². The molecule has 0 saturated heterocycles. The number of hydrogen-bond donors (Lipinski definition) is 2. The maximum Gasteiger partial charge on any atom is 0.256 e. The Labute approximate surface area is 153 Å². The van der Waals surface area contributed by atoms with Crippen LogP contribution in [0.4, 0.5) is 10.2 Å². The SMILES string of the molecule is CC1Nc2ccn3ncc(c3n2)C(=O)NCC2COc3c(cc(F)cc31)O2. The summed E-state index contributed by atoms with van der Waals surface area (Å²) in [7, 11) is 0. The second-order valence-electron chi connectivity index (χ2n) is 6.59. The van der Waals surface area contributed by atoms with Crippen molar-refractivity contribution in [3.8, 4) is 11.5 Å². The fourth-order valence-electron chi connectivity index (χ4n) is 3.35. The summed E-state index contributed by atoms with van der Waals surface area (Å²) in [5, 5.41) is 10.2. The number of aromatic nitrogens is 3. The smallest absolute Gasteiger partial charge is 0.256 e. The lowest BCUT2D eigenvalue weighted by atomic mass is 10.1. The molecule has 1 aromatic carbocycles. The first kappa shape index (κ1) is 15.9. The second kappa shape index (κ2) is 5.83. The van der Waals surface area contributed by atoms with Crippen LogP contribution in [-0.4, -0.2) is 39.8 Å². The van der Waals surface area contributed by atoms with Gasteiger partial charge in [-0.1, -0.05) is 0 Å². The van der Waals surface area contributed by atoms with Crippen molar-refractivity contribution in [1.82, 2.24) is 19.9 Å². The Bertz CT molecular complexity index is 1070. The molecule has 138 valence electrons. The third-order valence-corrected chi connectivity index (χ3v) is 4.69. The van der Waals surface area contributed by atoms with E-state index in [1.54, 1.807) is 12.3 Å². The van der Waals surface area contributed by atoms with Crippen LogP contribution < -0.4 is 20.1 Å². The molecule has 0 radical (unpaired) electrons. The molecule has 5 heterocycles. The molecule has 0 aliphatic carbocycles. The fourth-order valence-corrected chi connectivity index (χ4v) is 3.35. The number of nitrogens with one attached hydrogen (secondary N) is 2. The number of hydrogen-bond acceptors (Lipinski definition) is 6. The summed E-state index contributed by atoms with van der Waals surface area (Å²) < 4.78 is 27.4. The zero-order chi connectivity index (χ0) is 18.5. The van der Waals surface area contributed by atoms with Crippen LogP contribution in [-0.2, 0) is 0 Å². The van der Waals surface area contributed by atoms with Gasteiger partial charge in [-0.3, -0.25) is 4.79 Å². The first-order valence-electron chi connectivity index (χ1n) is 8.60. The minimum absolute atomic E-state index is 0.217. The highest BCUT2D eigenvalue weighted by molar-refractivity contribution is 5.99. The van der Waals surface area contributed by atoms with Crippen molar-refractivity contribution in [3.63, 3.8) is 0 Å². The lowest BCUT2D eigenvalue weighted by molar-refractivity contribution is 0.0780. The van der Waals surface area contributed by atoms with Crippen LogP contribution >= 0.6 is 0 Å². The van der Waals surface area contributed by atoms with Crippen molar-refractivity contribution in [2.24, 2.45) is 0 Å². The Morgan fingerprint density at radius 1 is 1.37 bits per heavy atom. The minimum Gasteiger partial charge on any atom is -0.485 e. The van der Waals surface area contributed by atoms with Gasteiger partial charge in [0.05, 0.1) is 18.8 Å². The average molecular weight is 369 g/mol. The molecular weight excluding hydrogens is 353 g/mol. The molecule has 2 N–H and O–H groups in total. The number of nitrogens with zero attached hydrogens (tertiary/aromatic N) is 3. The van der Waals surface area contributed by atoms with Crippen molar-refractivity contribution < 1.29 is 18.7 Å². The predicted octanol–water partition coefficient (Wildman–Crippen LogP) is 1.92. The third-order valence-electron chi connectivity index (χ3n) is 4.69. The van der Waals surface area contributed by atoms with Gasteiger partial charge in [0, 0.05) is 17.8 Å². The standard InChI is InChI=1S/C18H16FN5O3/c1-9-12-4-10(19)5-14-16(12)26-8-11(27-14)6-20-18(25)13-7-21-24-3-2-15(22-9)23-17(13)24/h2-5,7,9,11H,6,8H2,1H3,(H,20,25)(H,22,23). The molecule has 6 bridgehead atoms. The fraction of sp³-hybridized carbons (Fsp3) is 0.278. The highest BCUT2D eigenvalue weighted by Crippen LogP contribution is 2.40. The monoisotopic (exact) mass is 369 g/mol. The molecule has 6 rings (SSSR count). The van der Waals surface area contributed by atoms with E-state index in [1.165, 1.54) is 22.8 Å². The molecule has 27 heavy (non-hydrogen) atoms. The Morgan fingerprint density at radius 2 is 2.26 bits per heavy atom. The number of ether oxygens (including phenoxy) is 2. The van der Waals surface area contributed by atoms with Gasteiger partial charge < -0.3 is 20.1 Å². The summed E-state index contributed by atoms with van der Waals surface area (Å²) in [5.41, 5.74) is 1.44. The first-order valence-corrected chi connectivity index (χ1v) is 8.60. The van der Waals surface area contributed by atoms with Gasteiger partial charge >= 0.3 is 0 Å². The van der Waals surface area contributed by atoms with E-state index in [1.807, 2.05) is 6.92 Å². The molecule has 0 fully saturated rings. The summed E-state index contributed by atoms with van der Waals surface area (Å²) in [5.74, 6) is 0.639. The van der Waals surface area contributed by atoms with Crippen molar-refractivity contribution in [2.75, 3.05) is 18.5 Å². The molecule has 3 aliphatic heterocycles. The van der Waals surface area contributed by atoms with E-state index in [-0.39, 0.29) is 25.1 Å². The van der Waals surface area contributed by atoms with Gasteiger partial charge in [0.25, 0.3) is 5.91 Å². The van der Waals surface area contributed by atoms with Gasteiger partial charge in [0.15, 0.2) is 17.1 Å². The number of carbonyl (C=O) groups is 1. The molecule has 3 aliphatic rings. The minimum atomic E-state index is -0.423. The summed E-state index contributed by atoms with van der Waals surface area (Å²) in [6.07, 6.45) is 2.77. The Balaban J connectivity index is 1.65. The molecule has 0 spiro atoms. The van der Waals surface area contributed by atoms with Crippen LogP contribution in [0.1, 0.15) is 28.9 Å². The number of benzene rings is 1. The number of rotatable bonds is 0. The van der Waals surface area contributed by atoms with Crippen LogP contribution in [0, 0.1) is 5.82 Å². The third kappa shape index (κ3) is 2.62. The Hall–Kier alpha value is -3.36. The molecule has 1 amide bonds. The normalized spacial score (nSPS) is 21.2. The predicted molar refractivity (Wildman–Crippen MR) is 93.7 cm³/mol. The number of fused-ring (bicyclic) bond motifs is 4. The van der Waals surface area contributed by atoms with E-state index in [2.05, 4.69) is 20.7 Å². The number of anilines is 1. The molecule has 2 unspecified atom stereocenters. The quantitative estimate of drug-likeness (QED) is 0.629. The first-order chi connectivity index (χ1) is 13.1. The largest absolute Gasteiger partial charge is 0.485 e. The Morgan fingerprint density at radius 3 is 3.15 bits per heavy atom. The second-order valence-corrected chi connectivity index (χ2v) is 6.59. The Kier molecular flexibility index (Phi) is 3.43. The van der Waals surface area contributed by atoms with E-state index < -0.39 is 11.9 Å². The van der Waals surface area contributed by atoms with Crippen molar-refractivity contribution in [2.45, 2.75) is 19.1 Å². The average Bonchev–Trinajstić information content (AvgIpc) is 3.07. The van der Waals surface area contributed by atoms with E-state index in [4.69, 9.17) is 9.47 Å². The number of carbonyl (C=O) groups excluding carboxylic acids is 1. The number of halogens is 1. The van der Waals surface area contributed by atoms with Gasteiger partial charge in [-0.2, -0.15) is 5.10 Å². The van der Waals surface area contributed by atoms with Gasteiger partial charge in [-0.25, -0.2) is 13.9 Å². The molecule has 0 saturated carbocycles. The van der Waals surface area contributed by atoms with Crippen molar-refractivity contribution in [3.05, 3.63) is 47.5 Å². The molecule has 3 aromatic rings.